The van der Waals surface area contributed by atoms with E-state index in [0.717, 1.165) is 0 Å². The average molecular weight is 285 g/mol. The number of aryl methyl sites for hydroxylation is 1. The molecule has 0 atom stereocenters. The number of hydrogen-bond acceptors (Lipinski definition) is 2. The summed E-state index contributed by atoms with van der Waals surface area (Å²) in [6, 6.07) is 0. The molecule has 0 aliphatic heterocycles. The van der Waals surface area contributed by atoms with Crippen LogP contribution in [0, 0.1) is 10.5 Å². The first kappa shape index (κ1) is 9.63. The Hall–Kier alpha value is -0.460. The minimum Gasteiger partial charge on any atom is -0.505 e. The SMILES string of the molecule is Cc1ncc(O)c(I)c1C(F)F. The topological polar surface area (TPSA) is 33.1 Å². The van der Waals surface area contributed by atoms with Crippen molar-refractivity contribution in [3.63, 3.8) is 0 Å². The maximum atomic E-state index is 12.3. The van der Waals surface area contributed by atoms with Gasteiger partial charge < -0.3 is 5.11 Å². The van der Waals surface area contributed by atoms with Crippen LogP contribution >= 0.6 is 22.6 Å². The summed E-state index contributed by atoms with van der Waals surface area (Å²) in [5.41, 5.74) is 0.0720. The summed E-state index contributed by atoms with van der Waals surface area (Å²) in [7, 11) is 0. The molecule has 0 aliphatic carbocycles. The number of pyridine rings is 1. The molecule has 1 aromatic heterocycles. The molecule has 1 heterocycles. The summed E-state index contributed by atoms with van der Waals surface area (Å²) in [5, 5.41) is 9.07. The van der Waals surface area contributed by atoms with Crippen LogP contribution in [0.15, 0.2) is 6.20 Å². The minimum absolute atomic E-state index is 0.176. The number of alkyl halides is 2. The lowest BCUT2D eigenvalue weighted by Gasteiger charge is -2.07. The van der Waals surface area contributed by atoms with Gasteiger partial charge in [0, 0.05) is 5.69 Å². The van der Waals surface area contributed by atoms with Crippen LogP contribution in [0.1, 0.15) is 17.7 Å². The van der Waals surface area contributed by atoms with E-state index in [4.69, 9.17) is 5.11 Å². The average Bonchev–Trinajstić information content (AvgIpc) is 1.97. The first-order valence-electron chi connectivity index (χ1n) is 3.16. The zero-order valence-corrected chi connectivity index (χ0v) is 8.34. The summed E-state index contributed by atoms with van der Waals surface area (Å²) in [6.45, 7) is 1.49. The molecule has 0 saturated heterocycles. The Bertz CT molecular complexity index is 304. The van der Waals surface area contributed by atoms with Crippen LogP contribution in [-0.4, -0.2) is 10.1 Å². The molecular formula is C7H6F2INO. The highest BCUT2D eigenvalue weighted by Crippen LogP contribution is 2.31. The molecule has 5 heteroatoms. The monoisotopic (exact) mass is 285 g/mol. The van der Waals surface area contributed by atoms with Crippen LogP contribution in [-0.2, 0) is 0 Å². The number of aromatic hydroxyl groups is 1. The number of halogens is 3. The van der Waals surface area contributed by atoms with Gasteiger partial charge in [0.2, 0.25) is 0 Å². The molecule has 0 amide bonds. The Labute approximate surface area is 81.8 Å². The fraction of sp³-hybridized carbons (Fsp3) is 0.286. The van der Waals surface area contributed by atoms with Crippen molar-refractivity contribution in [2.24, 2.45) is 0 Å². The molecule has 0 radical (unpaired) electrons. The zero-order chi connectivity index (χ0) is 9.30. The van der Waals surface area contributed by atoms with Gasteiger partial charge in [-0.1, -0.05) is 0 Å². The Kier molecular flexibility index (Phi) is 2.81. The van der Waals surface area contributed by atoms with Gasteiger partial charge in [0.15, 0.2) is 0 Å². The molecule has 66 valence electrons. The van der Waals surface area contributed by atoms with Gasteiger partial charge in [-0.2, -0.15) is 0 Å². The maximum Gasteiger partial charge on any atom is 0.266 e. The fourth-order valence-electron chi connectivity index (χ4n) is 0.835. The van der Waals surface area contributed by atoms with Gasteiger partial charge in [-0.15, -0.1) is 0 Å². The second-order valence-electron chi connectivity index (χ2n) is 2.26. The van der Waals surface area contributed by atoms with Crippen LogP contribution in [0.5, 0.6) is 5.75 Å². The van der Waals surface area contributed by atoms with E-state index < -0.39 is 6.43 Å². The zero-order valence-electron chi connectivity index (χ0n) is 6.18. The lowest BCUT2D eigenvalue weighted by molar-refractivity contribution is 0.148. The van der Waals surface area contributed by atoms with Crippen molar-refractivity contribution in [3.8, 4) is 5.75 Å². The first-order valence-corrected chi connectivity index (χ1v) is 4.24. The first-order chi connectivity index (χ1) is 5.54. The highest BCUT2D eigenvalue weighted by Gasteiger charge is 2.17. The van der Waals surface area contributed by atoms with Crippen molar-refractivity contribution in [1.29, 1.82) is 0 Å². The molecule has 2 nitrogen and oxygen atoms in total. The molecule has 12 heavy (non-hydrogen) atoms. The third kappa shape index (κ3) is 1.65. The van der Waals surface area contributed by atoms with Crippen LogP contribution in [0.3, 0.4) is 0 Å². The van der Waals surface area contributed by atoms with E-state index in [0.29, 0.717) is 0 Å². The van der Waals surface area contributed by atoms with Crippen molar-refractivity contribution in [2.45, 2.75) is 13.3 Å². The predicted molar refractivity (Wildman–Crippen MR) is 48.3 cm³/mol. The Morgan fingerprint density at radius 2 is 2.17 bits per heavy atom. The van der Waals surface area contributed by atoms with E-state index in [1.54, 1.807) is 22.6 Å². The minimum atomic E-state index is -2.59. The largest absolute Gasteiger partial charge is 0.505 e. The lowest BCUT2D eigenvalue weighted by atomic mass is 10.2. The smallest absolute Gasteiger partial charge is 0.266 e. The second kappa shape index (κ2) is 3.51. The summed E-state index contributed by atoms with van der Waals surface area (Å²) >= 11 is 1.68. The summed E-state index contributed by atoms with van der Waals surface area (Å²) in [6.07, 6.45) is -1.42. The quantitative estimate of drug-likeness (QED) is 0.805. The van der Waals surface area contributed by atoms with Crippen LogP contribution in [0.2, 0.25) is 0 Å². The lowest BCUT2D eigenvalue weighted by Crippen LogP contribution is -1.96. The molecule has 0 bridgehead atoms. The van der Waals surface area contributed by atoms with Crippen LogP contribution < -0.4 is 0 Å². The van der Waals surface area contributed by atoms with E-state index in [2.05, 4.69) is 4.98 Å². The van der Waals surface area contributed by atoms with Gasteiger partial charge in [0.05, 0.1) is 15.3 Å². The molecular weight excluding hydrogens is 279 g/mol. The standard InChI is InChI=1S/C7H6F2INO/c1-3-5(7(8)9)6(10)4(12)2-11-3/h2,7,12H,1H3. The predicted octanol–water partition coefficient (Wildman–Crippen LogP) is 2.64. The second-order valence-corrected chi connectivity index (χ2v) is 3.34. The third-order valence-electron chi connectivity index (χ3n) is 1.45. The molecule has 0 aliphatic rings. The normalized spacial score (nSPS) is 10.8. The highest BCUT2D eigenvalue weighted by atomic mass is 127. The third-order valence-corrected chi connectivity index (χ3v) is 2.58. The summed E-state index contributed by atoms with van der Waals surface area (Å²) in [5.74, 6) is -0.198. The number of rotatable bonds is 1. The molecule has 0 aromatic carbocycles. The van der Waals surface area contributed by atoms with Gasteiger partial charge in [0.25, 0.3) is 6.43 Å². The molecule has 0 saturated carbocycles. The number of nitrogens with zero attached hydrogens (tertiary/aromatic N) is 1. The van der Waals surface area contributed by atoms with Gasteiger partial charge in [-0.25, -0.2) is 8.78 Å². The van der Waals surface area contributed by atoms with Crippen molar-refractivity contribution < 1.29 is 13.9 Å². The Morgan fingerprint density at radius 1 is 1.58 bits per heavy atom. The Morgan fingerprint density at radius 3 is 2.58 bits per heavy atom. The van der Waals surface area contributed by atoms with Crippen molar-refractivity contribution >= 4 is 22.6 Å². The van der Waals surface area contributed by atoms with Gasteiger partial charge in [0.1, 0.15) is 5.75 Å². The van der Waals surface area contributed by atoms with E-state index >= 15 is 0 Å². The molecule has 0 spiro atoms. The van der Waals surface area contributed by atoms with Gasteiger partial charge >= 0.3 is 0 Å². The maximum absolute atomic E-state index is 12.3. The number of aromatic nitrogens is 1. The van der Waals surface area contributed by atoms with Crippen molar-refractivity contribution in [1.82, 2.24) is 4.98 Å². The van der Waals surface area contributed by atoms with E-state index in [1.807, 2.05) is 0 Å². The van der Waals surface area contributed by atoms with Crippen LogP contribution in [0.25, 0.3) is 0 Å². The molecule has 1 rings (SSSR count). The van der Waals surface area contributed by atoms with E-state index in [1.165, 1.54) is 13.1 Å². The van der Waals surface area contributed by atoms with Crippen LogP contribution in [0.4, 0.5) is 8.78 Å². The van der Waals surface area contributed by atoms with E-state index in [-0.39, 0.29) is 20.6 Å². The fourth-order valence-corrected chi connectivity index (χ4v) is 1.60. The molecule has 0 fully saturated rings. The van der Waals surface area contributed by atoms with E-state index in [9.17, 15) is 8.78 Å². The summed E-state index contributed by atoms with van der Waals surface area (Å²) in [4.78, 5) is 3.63. The van der Waals surface area contributed by atoms with Gasteiger partial charge in [-0.3, -0.25) is 4.98 Å². The van der Waals surface area contributed by atoms with Gasteiger partial charge in [-0.05, 0) is 29.5 Å². The van der Waals surface area contributed by atoms with Crippen molar-refractivity contribution in [2.75, 3.05) is 0 Å². The van der Waals surface area contributed by atoms with Crippen molar-refractivity contribution in [3.05, 3.63) is 21.0 Å². The Balaban J connectivity index is 3.33. The molecule has 0 unspecified atom stereocenters. The molecule has 1 N–H and O–H groups in total. The molecule has 1 aromatic rings. The summed E-state index contributed by atoms with van der Waals surface area (Å²) < 4.78 is 24.8. The highest BCUT2D eigenvalue weighted by molar-refractivity contribution is 14.1. The number of hydrogen-bond donors (Lipinski definition) is 1.